The predicted octanol–water partition coefficient (Wildman–Crippen LogP) is 0.679. The van der Waals surface area contributed by atoms with E-state index in [2.05, 4.69) is 9.97 Å². The number of carbonyl (C=O) groups is 1. The van der Waals surface area contributed by atoms with Crippen molar-refractivity contribution >= 4 is 11.9 Å². The van der Waals surface area contributed by atoms with Gasteiger partial charge in [0.15, 0.2) is 0 Å². The normalized spacial score (nSPS) is 25.2. The fraction of sp³-hybridized carbons (Fsp3) is 0.500. The average molecular weight is 259 g/mol. The van der Waals surface area contributed by atoms with Gasteiger partial charge in [-0.15, -0.1) is 0 Å². The fourth-order valence-electron chi connectivity index (χ4n) is 2.98. The highest BCUT2D eigenvalue weighted by Gasteiger charge is 2.43. The van der Waals surface area contributed by atoms with Crippen molar-refractivity contribution in [3.8, 4) is 6.07 Å². The van der Waals surface area contributed by atoms with Crippen molar-refractivity contribution in [3.63, 3.8) is 0 Å². The number of nitrogens with zero attached hydrogens (tertiary/aromatic N) is 5. The molecule has 19 heavy (non-hydrogen) atoms. The van der Waals surface area contributed by atoms with Crippen molar-refractivity contribution in [1.82, 2.24) is 14.9 Å². The van der Waals surface area contributed by atoms with Gasteiger partial charge in [0, 0.05) is 19.3 Å². The van der Waals surface area contributed by atoms with E-state index < -0.39 is 6.09 Å². The highest BCUT2D eigenvalue weighted by molar-refractivity contribution is 5.67. The molecule has 0 spiro atoms. The standard InChI is InChI=1S/C12H13N5O2/c13-5-10-14-4-3-11(15-10)16-6-8-1-2-9(7-16)17(8)12(18)19/h3-4,8-9H,1-2,6-7H2,(H,18,19). The third-order valence-electron chi connectivity index (χ3n) is 3.77. The lowest BCUT2D eigenvalue weighted by Crippen LogP contribution is -2.55. The molecule has 1 N–H and O–H groups in total. The minimum atomic E-state index is -0.840. The molecule has 3 heterocycles. The van der Waals surface area contributed by atoms with E-state index in [0.29, 0.717) is 18.9 Å². The summed E-state index contributed by atoms with van der Waals surface area (Å²) in [5.74, 6) is 0.846. The minimum absolute atomic E-state index is 0.0248. The zero-order valence-corrected chi connectivity index (χ0v) is 10.2. The molecule has 7 heteroatoms. The second-order valence-corrected chi connectivity index (χ2v) is 4.83. The Morgan fingerprint density at radius 2 is 2.11 bits per heavy atom. The van der Waals surface area contributed by atoms with E-state index in [1.807, 2.05) is 11.0 Å². The second-order valence-electron chi connectivity index (χ2n) is 4.83. The maximum absolute atomic E-state index is 11.2. The van der Waals surface area contributed by atoms with Crippen LogP contribution in [0.15, 0.2) is 12.3 Å². The molecule has 3 rings (SSSR count). The number of hydrogen-bond acceptors (Lipinski definition) is 5. The molecule has 1 aromatic heterocycles. The van der Waals surface area contributed by atoms with E-state index in [1.54, 1.807) is 17.2 Å². The quantitative estimate of drug-likeness (QED) is 0.797. The van der Waals surface area contributed by atoms with Gasteiger partial charge in [0.2, 0.25) is 5.82 Å². The first-order chi connectivity index (χ1) is 9.19. The third kappa shape index (κ3) is 1.95. The fourth-order valence-corrected chi connectivity index (χ4v) is 2.98. The van der Waals surface area contributed by atoms with Crippen LogP contribution in [-0.2, 0) is 0 Å². The number of hydrogen-bond donors (Lipinski definition) is 1. The van der Waals surface area contributed by atoms with Crippen molar-refractivity contribution in [3.05, 3.63) is 18.1 Å². The zero-order valence-electron chi connectivity index (χ0n) is 10.2. The summed E-state index contributed by atoms with van der Waals surface area (Å²) < 4.78 is 0. The number of anilines is 1. The number of aromatic nitrogens is 2. The molecule has 2 unspecified atom stereocenters. The van der Waals surface area contributed by atoms with E-state index >= 15 is 0 Å². The van der Waals surface area contributed by atoms with Crippen molar-refractivity contribution in [1.29, 1.82) is 5.26 Å². The molecule has 2 atom stereocenters. The lowest BCUT2D eigenvalue weighted by atomic mass is 10.2. The van der Waals surface area contributed by atoms with E-state index in [0.717, 1.165) is 12.8 Å². The zero-order chi connectivity index (χ0) is 13.4. The molecule has 1 amide bonds. The van der Waals surface area contributed by atoms with Gasteiger partial charge in [-0.1, -0.05) is 0 Å². The van der Waals surface area contributed by atoms with E-state index in [1.165, 1.54) is 0 Å². The summed E-state index contributed by atoms with van der Waals surface area (Å²) in [4.78, 5) is 22.8. The first-order valence-electron chi connectivity index (χ1n) is 6.18. The largest absolute Gasteiger partial charge is 0.465 e. The summed E-state index contributed by atoms with van der Waals surface area (Å²) in [7, 11) is 0. The summed E-state index contributed by atoms with van der Waals surface area (Å²) in [6.45, 7) is 1.26. The maximum atomic E-state index is 11.2. The van der Waals surface area contributed by atoms with Crippen molar-refractivity contribution in [2.24, 2.45) is 0 Å². The Hall–Kier alpha value is -2.36. The van der Waals surface area contributed by atoms with Gasteiger partial charge in [-0.25, -0.2) is 14.8 Å². The van der Waals surface area contributed by atoms with Crippen LogP contribution in [0.2, 0.25) is 0 Å². The summed E-state index contributed by atoms with van der Waals surface area (Å²) in [6.07, 6.45) is 2.51. The lowest BCUT2D eigenvalue weighted by Gasteiger charge is -2.39. The van der Waals surface area contributed by atoms with Crippen LogP contribution >= 0.6 is 0 Å². The number of piperazine rings is 1. The van der Waals surface area contributed by atoms with Crippen molar-refractivity contribution < 1.29 is 9.90 Å². The van der Waals surface area contributed by atoms with Gasteiger partial charge in [-0.2, -0.15) is 5.26 Å². The van der Waals surface area contributed by atoms with Gasteiger partial charge in [0.1, 0.15) is 11.9 Å². The van der Waals surface area contributed by atoms with Gasteiger partial charge in [-0.3, -0.25) is 4.90 Å². The number of fused-ring (bicyclic) bond motifs is 2. The molecule has 2 aliphatic heterocycles. The van der Waals surface area contributed by atoms with Crippen LogP contribution in [0.1, 0.15) is 18.7 Å². The molecular formula is C12H13N5O2. The minimum Gasteiger partial charge on any atom is -0.465 e. The molecular weight excluding hydrogens is 246 g/mol. The van der Waals surface area contributed by atoms with Crippen LogP contribution in [0.4, 0.5) is 10.6 Å². The Morgan fingerprint density at radius 3 is 2.68 bits per heavy atom. The van der Waals surface area contributed by atoms with E-state index in [4.69, 9.17) is 5.26 Å². The number of amides is 1. The average Bonchev–Trinajstić information content (AvgIpc) is 2.70. The Bertz CT molecular complexity index is 541. The van der Waals surface area contributed by atoms with E-state index in [9.17, 15) is 9.90 Å². The van der Waals surface area contributed by atoms with Crippen LogP contribution in [0.5, 0.6) is 0 Å². The highest BCUT2D eigenvalue weighted by atomic mass is 16.4. The number of rotatable bonds is 1. The lowest BCUT2D eigenvalue weighted by molar-refractivity contribution is 0.114. The van der Waals surface area contributed by atoms with Gasteiger partial charge >= 0.3 is 6.09 Å². The monoisotopic (exact) mass is 259 g/mol. The van der Waals surface area contributed by atoms with Crippen LogP contribution in [0.3, 0.4) is 0 Å². The third-order valence-corrected chi connectivity index (χ3v) is 3.77. The Balaban J connectivity index is 1.83. The van der Waals surface area contributed by atoms with Gasteiger partial charge in [-0.05, 0) is 18.9 Å². The Labute approximate surface area is 110 Å². The van der Waals surface area contributed by atoms with Gasteiger partial charge in [0.05, 0.1) is 12.1 Å². The predicted molar refractivity (Wildman–Crippen MR) is 65.6 cm³/mol. The number of nitriles is 1. The summed E-state index contributed by atoms with van der Waals surface area (Å²) in [6, 6.07) is 3.73. The van der Waals surface area contributed by atoms with Crippen molar-refractivity contribution in [2.45, 2.75) is 24.9 Å². The Kier molecular flexibility index (Phi) is 2.71. The van der Waals surface area contributed by atoms with Crippen molar-refractivity contribution in [2.75, 3.05) is 18.0 Å². The summed E-state index contributed by atoms with van der Waals surface area (Å²) in [5, 5.41) is 18.0. The molecule has 0 radical (unpaired) electrons. The molecule has 98 valence electrons. The SMILES string of the molecule is N#Cc1nccc(N2CC3CCC(C2)N3C(=O)O)n1. The first kappa shape index (κ1) is 11.7. The molecule has 7 nitrogen and oxygen atoms in total. The first-order valence-corrected chi connectivity index (χ1v) is 6.18. The molecule has 2 bridgehead atoms. The molecule has 2 aliphatic rings. The second kappa shape index (κ2) is 4.39. The van der Waals surface area contributed by atoms with Crippen LogP contribution in [0.25, 0.3) is 0 Å². The number of carboxylic acid groups (broad SMARTS) is 1. The maximum Gasteiger partial charge on any atom is 0.407 e. The molecule has 0 aliphatic carbocycles. The topological polar surface area (TPSA) is 93.4 Å². The molecule has 0 saturated carbocycles. The molecule has 2 fully saturated rings. The van der Waals surface area contributed by atoms with Crippen LogP contribution < -0.4 is 4.90 Å². The van der Waals surface area contributed by atoms with Gasteiger partial charge < -0.3 is 10.0 Å². The molecule has 1 aromatic rings. The molecule has 0 aromatic carbocycles. The Morgan fingerprint density at radius 1 is 1.42 bits per heavy atom. The van der Waals surface area contributed by atoms with E-state index in [-0.39, 0.29) is 17.9 Å². The molecule has 2 saturated heterocycles. The van der Waals surface area contributed by atoms with Crippen LogP contribution in [0, 0.1) is 11.3 Å². The smallest absolute Gasteiger partial charge is 0.407 e. The highest BCUT2D eigenvalue weighted by Crippen LogP contribution is 2.31. The summed E-state index contributed by atoms with van der Waals surface area (Å²) >= 11 is 0. The summed E-state index contributed by atoms with van der Waals surface area (Å²) in [5.41, 5.74) is 0. The van der Waals surface area contributed by atoms with Gasteiger partial charge in [0.25, 0.3) is 0 Å². The van der Waals surface area contributed by atoms with Crippen LogP contribution in [-0.4, -0.2) is 51.2 Å².